The minimum absolute atomic E-state index is 0.368. The van der Waals surface area contributed by atoms with E-state index in [0.717, 1.165) is 31.5 Å². The Morgan fingerprint density at radius 2 is 1.89 bits per heavy atom. The van der Waals surface area contributed by atoms with Crippen LogP contribution < -0.4 is 0 Å². The van der Waals surface area contributed by atoms with Crippen LogP contribution in [0.5, 0.6) is 5.75 Å². The van der Waals surface area contributed by atoms with Crippen molar-refractivity contribution in [2.24, 2.45) is 0 Å². The van der Waals surface area contributed by atoms with Crippen LogP contribution in [0.2, 0.25) is 0 Å². The van der Waals surface area contributed by atoms with E-state index in [1.54, 1.807) is 20.3 Å². The molecule has 1 unspecified atom stereocenters. The normalized spacial score (nSPS) is 17.9. The highest BCUT2D eigenvalue weighted by atomic mass is 16.5. The van der Waals surface area contributed by atoms with Crippen molar-refractivity contribution in [3.05, 3.63) is 29.3 Å². The van der Waals surface area contributed by atoms with Crippen molar-refractivity contribution in [2.75, 3.05) is 40.5 Å². The van der Waals surface area contributed by atoms with E-state index >= 15 is 0 Å². The zero-order valence-corrected chi connectivity index (χ0v) is 11.8. The number of phenolic OH excluding ortho intramolecular Hbond substituents is 1. The number of fused-ring (bicyclic) bond motifs is 1. The Morgan fingerprint density at radius 1 is 1.21 bits per heavy atom. The third-order valence-electron chi connectivity index (χ3n) is 3.82. The number of aromatic hydroxyl groups is 1. The molecular weight excluding hydrogens is 242 g/mol. The first-order chi connectivity index (χ1) is 9.27. The topological polar surface area (TPSA) is 41.9 Å². The number of hydrogen-bond donors (Lipinski definition) is 1. The summed E-state index contributed by atoms with van der Waals surface area (Å²) >= 11 is 0. The quantitative estimate of drug-likeness (QED) is 0.818. The fourth-order valence-corrected chi connectivity index (χ4v) is 2.83. The molecule has 1 aliphatic carbocycles. The molecular formula is C15H23NO3. The molecule has 0 amide bonds. The highest BCUT2D eigenvalue weighted by molar-refractivity contribution is 5.44. The first kappa shape index (κ1) is 14.3. The van der Waals surface area contributed by atoms with Crippen LogP contribution in [-0.4, -0.2) is 50.5 Å². The Kier molecular flexibility index (Phi) is 5.19. The molecule has 0 saturated carbocycles. The van der Waals surface area contributed by atoms with Gasteiger partial charge in [-0.05, 0) is 30.0 Å². The number of methoxy groups -OCH3 is 2. The van der Waals surface area contributed by atoms with E-state index in [-0.39, 0.29) is 0 Å². The van der Waals surface area contributed by atoms with Crippen LogP contribution in [0.3, 0.4) is 0 Å². The minimum Gasteiger partial charge on any atom is -0.508 e. The van der Waals surface area contributed by atoms with Crippen molar-refractivity contribution >= 4 is 0 Å². The van der Waals surface area contributed by atoms with Gasteiger partial charge in [0, 0.05) is 33.4 Å². The van der Waals surface area contributed by atoms with E-state index in [0.29, 0.717) is 25.0 Å². The monoisotopic (exact) mass is 265 g/mol. The van der Waals surface area contributed by atoms with E-state index in [4.69, 9.17) is 9.47 Å². The molecule has 19 heavy (non-hydrogen) atoms. The molecule has 0 heterocycles. The Labute approximate surface area is 114 Å². The van der Waals surface area contributed by atoms with Crippen molar-refractivity contribution in [1.29, 1.82) is 0 Å². The summed E-state index contributed by atoms with van der Waals surface area (Å²) in [7, 11) is 3.45. The molecule has 4 heteroatoms. The van der Waals surface area contributed by atoms with E-state index in [1.165, 1.54) is 5.56 Å². The van der Waals surface area contributed by atoms with E-state index in [1.807, 2.05) is 6.07 Å². The molecule has 1 aromatic rings. The smallest absolute Gasteiger partial charge is 0.119 e. The molecule has 0 saturated heterocycles. The van der Waals surface area contributed by atoms with Crippen molar-refractivity contribution < 1.29 is 14.6 Å². The molecule has 2 rings (SSSR count). The summed E-state index contributed by atoms with van der Waals surface area (Å²) in [5.74, 6) is 0.429. The van der Waals surface area contributed by atoms with Crippen LogP contribution in [0.4, 0.5) is 0 Å². The lowest BCUT2D eigenvalue weighted by Crippen LogP contribution is -2.33. The van der Waals surface area contributed by atoms with Gasteiger partial charge in [-0.15, -0.1) is 0 Å². The fraction of sp³-hybridized carbons (Fsp3) is 0.600. The van der Waals surface area contributed by atoms with Crippen LogP contribution >= 0.6 is 0 Å². The lowest BCUT2D eigenvalue weighted by Gasteiger charge is -2.29. The van der Waals surface area contributed by atoms with Crippen LogP contribution in [-0.2, 0) is 15.9 Å². The number of ether oxygens (including phenoxy) is 2. The molecule has 1 aliphatic rings. The summed E-state index contributed by atoms with van der Waals surface area (Å²) in [5, 5.41) is 9.92. The molecule has 0 aliphatic heterocycles. The highest BCUT2D eigenvalue weighted by Crippen LogP contribution is 2.39. The van der Waals surface area contributed by atoms with Crippen LogP contribution in [0.15, 0.2) is 18.2 Å². The summed E-state index contributed by atoms with van der Waals surface area (Å²) in [5.41, 5.74) is 2.36. The molecule has 0 aromatic heterocycles. The number of phenols is 1. The summed E-state index contributed by atoms with van der Waals surface area (Å²) in [6.45, 7) is 3.21. The Morgan fingerprint density at radius 3 is 2.53 bits per heavy atom. The van der Waals surface area contributed by atoms with Gasteiger partial charge in [0.2, 0.25) is 0 Å². The maximum atomic E-state index is 9.92. The molecule has 0 spiro atoms. The summed E-state index contributed by atoms with van der Waals surface area (Å²) in [6.07, 6.45) is 2.00. The number of benzene rings is 1. The Hall–Kier alpha value is -1.10. The predicted molar refractivity (Wildman–Crippen MR) is 74.5 cm³/mol. The van der Waals surface area contributed by atoms with Gasteiger partial charge in [0.25, 0.3) is 0 Å². The zero-order chi connectivity index (χ0) is 13.7. The van der Waals surface area contributed by atoms with Crippen LogP contribution in [0.25, 0.3) is 0 Å². The van der Waals surface area contributed by atoms with Gasteiger partial charge in [0.15, 0.2) is 0 Å². The first-order valence-corrected chi connectivity index (χ1v) is 6.80. The molecule has 0 radical (unpaired) electrons. The van der Waals surface area contributed by atoms with Gasteiger partial charge in [0.05, 0.1) is 13.2 Å². The molecule has 0 bridgehead atoms. The standard InChI is InChI=1S/C15H23NO3/c1-18-10-8-16(9-11-19-2)14-7-6-13-12(14)4-3-5-15(13)17/h3-5,14,17H,6-11H2,1-2H3. The van der Waals surface area contributed by atoms with Crippen LogP contribution in [0.1, 0.15) is 23.6 Å². The predicted octanol–water partition coefficient (Wildman–Crippen LogP) is 1.97. The van der Waals surface area contributed by atoms with Gasteiger partial charge < -0.3 is 14.6 Å². The Balaban J connectivity index is 2.13. The first-order valence-electron chi connectivity index (χ1n) is 6.80. The van der Waals surface area contributed by atoms with E-state index in [2.05, 4.69) is 11.0 Å². The molecule has 1 N–H and O–H groups in total. The van der Waals surface area contributed by atoms with Gasteiger partial charge in [-0.3, -0.25) is 4.90 Å². The average Bonchev–Trinajstić information content (AvgIpc) is 2.84. The van der Waals surface area contributed by atoms with Gasteiger partial charge in [-0.2, -0.15) is 0 Å². The lowest BCUT2D eigenvalue weighted by molar-refractivity contribution is 0.0872. The minimum atomic E-state index is 0.368. The highest BCUT2D eigenvalue weighted by Gasteiger charge is 2.29. The van der Waals surface area contributed by atoms with Crippen molar-refractivity contribution in [3.8, 4) is 5.75 Å². The van der Waals surface area contributed by atoms with Gasteiger partial charge in [-0.1, -0.05) is 12.1 Å². The van der Waals surface area contributed by atoms with Gasteiger partial charge in [-0.25, -0.2) is 0 Å². The maximum Gasteiger partial charge on any atom is 0.119 e. The summed E-state index contributed by atoms with van der Waals surface area (Å²) in [4.78, 5) is 2.39. The summed E-state index contributed by atoms with van der Waals surface area (Å²) in [6, 6.07) is 6.19. The third-order valence-corrected chi connectivity index (χ3v) is 3.82. The van der Waals surface area contributed by atoms with Crippen LogP contribution in [0, 0.1) is 0 Å². The molecule has 0 fully saturated rings. The largest absolute Gasteiger partial charge is 0.508 e. The number of rotatable bonds is 7. The van der Waals surface area contributed by atoms with Gasteiger partial charge in [0.1, 0.15) is 5.75 Å². The SMILES string of the molecule is COCCN(CCOC)C1CCc2c(O)cccc21. The fourth-order valence-electron chi connectivity index (χ4n) is 2.83. The average molecular weight is 265 g/mol. The lowest BCUT2D eigenvalue weighted by atomic mass is 10.1. The van der Waals surface area contributed by atoms with E-state index < -0.39 is 0 Å². The molecule has 4 nitrogen and oxygen atoms in total. The maximum absolute atomic E-state index is 9.92. The number of hydrogen-bond acceptors (Lipinski definition) is 4. The Bertz CT molecular complexity index is 400. The third kappa shape index (κ3) is 3.26. The molecule has 1 atom stereocenters. The van der Waals surface area contributed by atoms with Crippen molar-refractivity contribution in [1.82, 2.24) is 4.90 Å². The zero-order valence-electron chi connectivity index (χ0n) is 11.8. The molecule has 1 aromatic carbocycles. The van der Waals surface area contributed by atoms with E-state index in [9.17, 15) is 5.11 Å². The van der Waals surface area contributed by atoms with Crippen molar-refractivity contribution in [2.45, 2.75) is 18.9 Å². The second-order valence-electron chi connectivity index (χ2n) is 4.92. The van der Waals surface area contributed by atoms with Crippen molar-refractivity contribution in [3.63, 3.8) is 0 Å². The summed E-state index contributed by atoms with van der Waals surface area (Å²) < 4.78 is 10.4. The molecule has 106 valence electrons. The second-order valence-corrected chi connectivity index (χ2v) is 4.92. The second kappa shape index (κ2) is 6.89. The number of nitrogens with zero attached hydrogens (tertiary/aromatic N) is 1. The van der Waals surface area contributed by atoms with Gasteiger partial charge >= 0.3 is 0 Å².